The number of benzene rings is 2. The van der Waals surface area contributed by atoms with Gasteiger partial charge in [-0.3, -0.25) is 0 Å². The van der Waals surface area contributed by atoms with Crippen molar-refractivity contribution < 1.29 is 4.74 Å². The number of hydrogen-bond donors (Lipinski definition) is 1. The fraction of sp³-hybridized carbons (Fsp3) is 0.294. The van der Waals surface area contributed by atoms with Crippen LogP contribution >= 0.6 is 0 Å². The Labute approximate surface area is 115 Å². The van der Waals surface area contributed by atoms with Crippen molar-refractivity contribution in [1.82, 2.24) is 0 Å². The third-order valence-corrected chi connectivity index (χ3v) is 3.08. The summed E-state index contributed by atoms with van der Waals surface area (Å²) < 4.78 is 5.76. The van der Waals surface area contributed by atoms with E-state index in [-0.39, 0.29) is 5.41 Å². The standard InChI is InChI=1S/C17H21NO/c1-17(2,3)14-7-9-16(10-8-14)19-12-13-5-4-6-15(18)11-13/h4-11H,12,18H2,1-3H3. The van der Waals surface area contributed by atoms with Gasteiger partial charge in [-0.2, -0.15) is 0 Å². The van der Waals surface area contributed by atoms with E-state index in [4.69, 9.17) is 10.5 Å². The Hall–Kier alpha value is -1.96. The number of nitrogens with two attached hydrogens (primary N) is 1. The van der Waals surface area contributed by atoms with Gasteiger partial charge in [0, 0.05) is 5.69 Å². The molecule has 2 rings (SSSR count). The maximum atomic E-state index is 5.76. The van der Waals surface area contributed by atoms with Crippen LogP contribution in [0.4, 0.5) is 5.69 Å². The summed E-state index contributed by atoms with van der Waals surface area (Å²) in [7, 11) is 0. The summed E-state index contributed by atoms with van der Waals surface area (Å²) in [5.41, 5.74) is 9.07. The van der Waals surface area contributed by atoms with E-state index in [0.717, 1.165) is 17.0 Å². The lowest BCUT2D eigenvalue weighted by molar-refractivity contribution is 0.306. The molecule has 0 amide bonds. The van der Waals surface area contributed by atoms with Crippen LogP contribution in [0.3, 0.4) is 0 Å². The summed E-state index contributed by atoms with van der Waals surface area (Å²) >= 11 is 0. The van der Waals surface area contributed by atoms with Gasteiger partial charge in [0.15, 0.2) is 0 Å². The molecule has 100 valence electrons. The molecule has 2 nitrogen and oxygen atoms in total. The van der Waals surface area contributed by atoms with Crippen LogP contribution in [0.25, 0.3) is 0 Å². The van der Waals surface area contributed by atoms with E-state index in [0.29, 0.717) is 6.61 Å². The minimum atomic E-state index is 0.173. The van der Waals surface area contributed by atoms with Crippen LogP contribution in [0.2, 0.25) is 0 Å². The number of hydrogen-bond acceptors (Lipinski definition) is 2. The minimum Gasteiger partial charge on any atom is -0.489 e. The monoisotopic (exact) mass is 255 g/mol. The van der Waals surface area contributed by atoms with Gasteiger partial charge in [0.1, 0.15) is 12.4 Å². The molecule has 0 bridgehead atoms. The highest BCUT2D eigenvalue weighted by atomic mass is 16.5. The third-order valence-electron chi connectivity index (χ3n) is 3.08. The zero-order valence-electron chi connectivity index (χ0n) is 11.8. The third kappa shape index (κ3) is 3.75. The van der Waals surface area contributed by atoms with Crippen LogP contribution in [0.5, 0.6) is 5.75 Å². The van der Waals surface area contributed by atoms with E-state index in [9.17, 15) is 0 Å². The first-order valence-electron chi connectivity index (χ1n) is 6.53. The predicted molar refractivity (Wildman–Crippen MR) is 80.3 cm³/mol. The number of ether oxygens (including phenoxy) is 1. The van der Waals surface area contributed by atoms with E-state index in [2.05, 4.69) is 32.9 Å². The smallest absolute Gasteiger partial charge is 0.119 e. The average molecular weight is 255 g/mol. The first kappa shape index (κ1) is 13.5. The predicted octanol–water partition coefficient (Wildman–Crippen LogP) is 4.15. The molecule has 0 fully saturated rings. The van der Waals surface area contributed by atoms with Crippen molar-refractivity contribution in [3.63, 3.8) is 0 Å². The average Bonchev–Trinajstić information content (AvgIpc) is 2.36. The van der Waals surface area contributed by atoms with Crippen LogP contribution in [0.15, 0.2) is 48.5 Å². The highest BCUT2D eigenvalue weighted by molar-refractivity contribution is 5.40. The molecule has 0 unspecified atom stereocenters. The molecule has 0 saturated heterocycles. The lowest BCUT2D eigenvalue weighted by Crippen LogP contribution is -2.10. The zero-order chi connectivity index (χ0) is 13.9. The zero-order valence-corrected chi connectivity index (χ0v) is 11.8. The Bertz CT molecular complexity index is 538. The van der Waals surface area contributed by atoms with Gasteiger partial charge in [0.05, 0.1) is 0 Å². The van der Waals surface area contributed by atoms with Gasteiger partial charge in [-0.15, -0.1) is 0 Å². The number of anilines is 1. The Kier molecular flexibility index (Phi) is 3.79. The Morgan fingerprint density at radius 3 is 2.26 bits per heavy atom. The molecule has 0 saturated carbocycles. The van der Waals surface area contributed by atoms with Gasteiger partial charge in [0.2, 0.25) is 0 Å². The number of rotatable bonds is 3. The molecule has 0 aliphatic heterocycles. The molecule has 19 heavy (non-hydrogen) atoms. The van der Waals surface area contributed by atoms with Crippen molar-refractivity contribution in [3.8, 4) is 5.75 Å². The molecule has 0 spiro atoms. The molecule has 2 N–H and O–H groups in total. The van der Waals surface area contributed by atoms with Crippen molar-refractivity contribution >= 4 is 5.69 Å². The maximum absolute atomic E-state index is 5.76. The summed E-state index contributed by atoms with van der Waals surface area (Å²) in [5.74, 6) is 0.885. The molecule has 0 heterocycles. The fourth-order valence-corrected chi connectivity index (χ4v) is 1.90. The van der Waals surface area contributed by atoms with Crippen molar-refractivity contribution in [1.29, 1.82) is 0 Å². The van der Waals surface area contributed by atoms with Crippen LogP contribution in [0.1, 0.15) is 31.9 Å². The normalized spacial score (nSPS) is 11.3. The van der Waals surface area contributed by atoms with Crippen LogP contribution in [0, 0.1) is 0 Å². The largest absolute Gasteiger partial charge is 0.489 e. The Balaban J connectivity index is 2.01. The van der Waals surface area contributed by atoms with E-state index in [1.54, 1.807) is 0 Å². The molecule has 2 aromatic rings. The van der Waals surface area contributed by atoms with Gasteiger partial charge >= 0.3 is 0 Å². The summed E-state index contributed by atoms with van der Waals surface area (Å²) in [6, 6.07) is 16.0. The fourth-order valence-electron chi connectivity index (χ4n) is 1.90. The second kappa shape index (κ2) is 5.35. The molecular weight excluding hydrogens is 234 g/mol. The summed E-state index contributed by atoms with van der Waals surface area (Å²) in [6.07, 6.45) is 0. The molecule has 2 heteroatoms. The SMILES string of the molecule is CC(C)(C)c1ccc(OCc2cccc(N)c2)cc1. The van der Waals surface area contributed by atoms with E-state index in [1.165, 1.54) is 5.56 Å². The topological polar surface area (TPSA) is 35.2 Å². The summed E-state index contributed by atoms with van der Waals surface area (Å²) in [4.78, 5) is 0. The van der Waals surface area contributed by atoms with E-state index >= 15 is 0 Å². The molecule has 0 atom stereocenters. The second-order valence-corrected chi connectivity index (χ2v) is 5.81. The highest BCUT2D eigenvalue weighted by Gasteiger charge is 2.12. The molecule has 0 aliphatic carbocycles. The molecule has 2 aromatic carbocycles. The van der Waals surface area contributed by atoms with Gasteiger partial charge in [0.25, 0.3) is 0 Å². The highest BCUT2D eigenvalue weighted by Crippen LogP contribution is 2.24. The number of nitrogen functional groups attached to an aromatic ring is 1. The van der Waals surface area contributed by atoms with Gasteiger partial charge in [-0.25, -0.2) is 0 Å². The van der Waals surface area contributed by atoms with E-state index < -0.39 is 0 Å². The lowest BCUT2D eigenvalue weighted by atomic mass is 9.87. The van der Waals surface area contributed by atoms with Crippen molar-refractivity contribution in [3.05, 3.63) is 59.7 Å². The van der Waals surface area contributed by atoms with Crippen LogP contribution in [-0.4, -0.2) is 0 Å². The Morgan fingerprint density at radius 2 is 1.68 bits per heavy atom. The second-order valence-electron chi connectivity index (χ2n) is 5.81. The van der Waals surface area contributed by atoms with Crippen LogP contribution < -0.4 is 10.5 Å². The Morgan fingerprint density at radius 1 is 1.00 bits per heavy atom. The maximum Gasteiger partial charge on any atom is 0.119 e. The quantitative estimate of drug-likeness (QED) is 0.836. The molecule has 0 aliphatic rings. The molecule has 0 aromatic heterocycles. The minimum absolute atomic E-state index is 0.173. The lowest BCUT2D eigenvalue weighted by Gasteiger charge is -2.19. The molecular formula is C17H21NO. The molecule has 0 radical (unpaired) electrons. The van der Waals surface area contributed by atoms with Gasteiger partial charge in [-0.05, 0) is 40.8 Å². The van der Waals surface area contributed by atoms with Gasteiger partial charge < -0.3 is 10.5 Å². The van der Waals surface area contributed by atoms with Crippen molar-refractivity contribution in [2.45, 2.75) is 32.8 Å². The van der Waals surface area contributed by atoms with Crippen LogP contribution in [-0.2, 0) is 12.0 Å². The van der Waals surface area contributed by atoms with Gasteiger partial charge in [-0.1, -0.05) is 45.0 Å². The van der Waals surface area contributed by atoms with E-state index in [1.807, 2.05) is 36.4 Å². The first-order chi connectivity index (χ1) is 8.95. The van der Waals surface area contributed by atoms with Crippen molar-refractivity contribution in [2.24, 2.45) is 0 Å². The summed E-state index contributed by atoms with van der Waals surface area (Å²) in [6.45, 7) is 7.15. The first-order valence-corrected chi connectivity index (χ1v) is 6.53. The summed E-state index contributed by atoms with van der Waals surface area (Å²) in [5, 5.41) is 0. The van der Waals surface area contributed by atoms with Crippen molar-refractivity contribution in [2.75, 3.05) is 5.73 Å².